The molecule has 0 spiro atoms. The van der Waals surface area contributed by atoms with Crippen molar-refractivity contribution in [1.82, 2.24) is 25.9 Å². The van der Waals surface area contributed by atoms with E-state index in [-0.39, 0.29) is 12.8 Å². The highest BCUT2D eigenvalue weighted by atomic mass is 35.5. The molecule has 4 N–H and O–H groups in total. The zero-order valence-electron chi connectivity index (χ0n) is 22.5. The number of nitrogens with zero attached hydrogens (tertiary/aromatic N) is 4. The summed E-state index contributed by atoms with van der Waals surface area (Å²) in [5, 5.41) is 18.9. The fourth-order valence-electron chi connectivity index (χ4n) is 6.61. The minimum Gasteiger partial charge on any atom is -0.380 e. The number of anilines is 2. The molecular weight excluding hydrogens is 572 g/mol. The molecule has 0 bridgehead atoms. The van der Waals surface area contributed by atoms with Gasteiger partial charge in [0.2, 0.25) is 5.95 Å². The number of hydrazine groups is 2. The van der Waals surface area contributed by atoms with Gasteiger partial charge in [0.25, 0.3) is 0 Å². The van der Waals surface area contributed by atoms with Crippen LogP contribution in [0.4, 0.5) is 28.9 Å². The van der Waals surface area contributed by atoms with E-state index < -0.39 is 23.7 Å². The van der Waals surface area contributed by atoms with Gasteiger partial charge in [-0.3, -0.25) is 9.99 Å². The van der Waals surface area contributed by atoms with E-state index in [0.717, 1.165) is 17.9 Å². The van der Waals surface area contributed by atoms with E-state index in [9.17, 15) is 22.8 Å². The highest BCUT2D eigenvalue weighted by molar-refractivity contribution is 6.35. The molecular formula is C29H27ClF4N8. The number of nitrogens with one attached hydrogen (secondary N) is 4. The van der Waals surface area contributed by atoms with E-state index >= 15 is 0 Å². The normalized spacial score (nSPS) is 24.5. The molecule has 3 heterocycles. The summed E-state index contributed by atoms with van der Waals surface area (Å²) in [5.41, 5.74) is 6.97. The molecule has 7 rings (SSSR count). The first kappa shape index (κ1) is 27.0. The fraction of sp³-hybridized carbons (Fsp3) is 0.414. The minimum absolute atomic E-state index is 0.0306. The van der Waals surface area contributed by atoms with Crippen LogP contribution in [0.5, 0.6) is 0 Å². The molecule has 3 saturated carbocycles. The van der Waals surface area contributed by atoms with Crippen LogP contribution in [0.15, 0.2) is 42.4 Å². The Kier molecular flexibility index (Phi) is 6.18. The van der Waals surface area contributed by atoms with Crippen LogP contribution in [-0.4, -0.2) is 32.7 Å². The number of hydrogen-bond donors (Lipinski definition) is 4. The molecule has 2 aromatic heterocycles. The Morgan fingerprint density at radius 2 is 1.98 bits per heavy atom. The van der Waals surface area contributed by atoms with E-state index in [2.05, 4.69) is 37.6 Å². The number of aromatic nitrogens is 2. The summed E-state index contributed by atoms with van der Waals surface area (Å²) in [6.45, 7) is 1.64. The van der Waals surface area contributed by atoms with Gasteiger partial charge in [-0.2, -0.15) is 22.8 Å². The second-order valence-corrected chi connectivity index (χ2v) is 12.0. The third kappa shape index (κ3) is 4.37. The molecule has 4 aliphatic rings. The summed E-state index contributed by atoms with van der Waals surface area (Å²) in [4.78, 5) is 8.38. The Hall–Kier alpha value is -3.82. The Balaban J connectivity index is 1.28. The van der Waals surface area contributed by atoms with Gasteiger partial charge in [0.05, 0.1) is 33.5 Å². The predicted octanol–water partition coefficient (Wildman–Crippen LogP) is 6.23. The van der Waals surface area contributed by atoms with Gasteiger partial charge in [0.1, 0.15) is 6.07 Å². The Bertz CT molecular complexity index is 1650. The number of rotatable bonds is 7. The SMILES string of the molecule is Cc1nc(F)ccc1[C@H](Nc1cc(Cl)c2ncc(C#N)c(NC3C4CCCC43)c2c1)C1=CN(C2(C(F)(F)F)CC2)NN1. The standard InChI is InChI=1S/C29H27ClF4N8/c1-14-17(5-6-23(31)37-14)27(22-13-42(41-40-22)28(7-8-28)29(32,33)34)38-16-9-20-24(39-25-18-3-2-4-19(18)25)15(11-35)12-36-26(20)21(30)10-16/h5-6,9-10,12-13,18-19,25,27,38,40-41H,2-4,7-8H2,1H3,(H,36,39)/t18?,19?,25?,27-/m0/s1. The Morgan fingerprint density at radius 3 is 2.64 bits per heavy atom. The lowest BCUT2D eigenvalue weighted by atomic mass is 10.0. The van der Waals surface area contributed by atoms with Crippen LogP contribution in [0.25, 0.3) is 10.9 Å². The second-order valence-electron chi connectivity index (χ2n) is 11.5. The number of benzene rings is 1. The van der Waals surface area contributed by atoms with Gasteiger partial charge in [-0.25, -0.2) is 4.98 Å². The van der Waals surface area contributed by atoms with Gasteiger partial charge < -0.3 is 16.1 Å². The summed E-state index contributed by atoms with van der Waals surface area (Å²) < 4.78 is 55.5. The average Bonchev–Trinajstić information content (AvgIpc) is 3.73. The van der Waals surface area contributed by atoms with Crippen LogP contribution >= 0.6 is 11.6 Å². The quantitative estimate of drug-likeness (QED) is 0.188. The van der Waals surface area contributed by atoms with Crippen molar-refractivity contribution >= 4 is 33.9 Å². The van der Waals surface area contributed by atoms with Gasteiger partial charge >= 0.3 is 6.18 Å². The van der Waals surface area contributed by atoms with Crippen molar-refractivity contribution in [3.05, 3.63) is 70.2 Å². The first-order chi connectivity index (χ1) is 20.1. The first-order valence-corrected chi connectivity index (χ1v) is 14.3. The average molecular weight is 599 g/mol. The number of aryl methyl sites for hydroxylation is 1. The molecule has 8 nitrogen and oxygen atoms in total. The van der Waals surface area contributed by atoms with Crippen LogP contribution in [0.1, 0.15) is 55.0 Å². The van der Waals surface area contributed by atoms with Gasteiger partial charge in [-0.05, 0) is 62.6 Å². The van der Waals surface area contributed by atoms with Crippen LogP contribution in [0.3, 0.4) is 0 Å². The molecule has 3 atom stereocenters. The van der Waals surface area contributed by atoms with E-state index in [4.69, 9.17) is 11.6 Å². The number of nitriles is 1. The van der Waals surface area contributed by atoms with Gasteiger partial charge in [-0.15, -0.1) is 5.53 Å². The minimum atomic E-state index is -4.43. The second kappa shape index (κ2) is 9.61. The molecule has 3 fully saturated rings. The summed E-state index contributed by atoms with van der Waals surface area (Å²) in [5.74, 6) is 0.524. The molecule has 1 aliphatic heterocycles. The molecule has 3 aromatic rings. The highest BCUT2D eigenvalue weighted by Gasteiger charge is 2.67. The number of halogens is 5. The number of fused-ring (bicyclic) bond motifs is 2. The summed E-state index contributed by atoms with van der Waals surface area (Å²) in [6.07, 6.45) is 1.96. The smallest absolute Gasteiger partial charge is 0.380 e. The maximum atomic E-state index is 13.9. The predicted molar refractivity (Wildman–Crippen MR) is 149 cm³/mol. The Morgan fingerprint density at radius 1 is 1.21 bits per heavy atom. The summed E-state index contributed by atoms with van der Waals surface area (Å²) in [6, 6.07) is 8.03. The van der Waals surface area contributed by atoms with Crippen LogP contribution in [0.2, 0.25) is 5.02 Å². The molecule has 0 radical (unpaired) electrons. The van der Waals surface area contributed by atoms with Gasteiger partial charge in [-0.1, -0.05) is 24.1 Å². The summed E-state index contributed by atoms with van der Waals surface area (Å²) >= 11 is 6.71. The fourth-order valence-corrected chi connectivity index (χ4v) is 6.87. The molecule has 0 amide bonds. The van der Waals surface area contributed by atoms with Gasteiger partial charge in [0.15, 0.2) is 5.54 Å². The van der Waals surface area contributed by atoms with E-state index in [1.807, 2.05) is 6.07 Å². The lowest BCUT2D eigenvalue weighted by Gasteiger charge is -2.28. The molecule has 3 aliphatic carbocycles. The van der Waals surface area contributed by atoms with E-state index in [1.165, 1.54) is 24.9 Å². The molecule has 218 valence electrons. The van der Waals surface area contributed by atoms with Crippen LogP contribution < -0.4 is 21.6 Å². The number of alkyl halides is 3. The van der Waals surface area contributed by atoms with E-state index in [0.29, 0.717) is 67.7 Å². The van der Waals surface area contributed by atoms with Crippen LogP contribution in [-0.2, 0) is 0 Å². The van der Waals surface area contributed by atoms with Gasteiger partial charge in [0, 0.05) is 40.8 Å². The Labute approximate surface area is 244 Å². The molecule has 0 saturated heterocycles. The summed E-state index contributed by atoms with van der Waals surface area (Å²) in [7, 11) is 0. The van der Waals surface area contributed by atoms with Crippen molar-refractivity contribution in [3.63, 3.8) is 0 Å². The monoisotopic (exact) mass is 598 g/mol. The maximum absolute atomic E-state index is 13.9. The topological polar surface area (TPSA) is 101 Å². The number of hydrogen-bond acceptors (Lipinski definition) is 8. The van der Waals surface area contributed by atoms with Crippen molar-refractivity contribution in [1.29, 1.82) is 5.26 Å². The number of pyridine rings is 2. The van der Waals surface area contributed by atoms with Crippen molar-refractivity contribution < 1.29 is 17.6 Å². The zero-order valence-corrected chi connectivity index (χ0v) is 23.2. The molecule has 42 heavy (non-hydrogen) atoms. The largest absolute Gasteiger partial charge is 0.413 e. The zero-order chi connectivity index (χ0) is 29.4. The maximum Gasteiger partial charge on any atom is 0.413 e. The van der Waals surface area contributed by atoms with E-state index in [1.54, 1.807) is 19.1 Å². The highest BCUT2D eigenvalue weighted by Crippen LogP contribution is 2.55. The molecule has 2 unspecified atom stereocenters. The van der Waals surface area contributed by atoms with Crippen molar-refractivity contribution in [3.8, 4) is 6.07 Å². The third-order valence-electron chi connectivity index (χ3n) is 9.09. The van der Waals surface area contributed by atoms with Crippen molar-refractivity contribution in [2.24, 2.45) is 11.8 Å². The first-order valence-electron chi connectivity index (χ1n) is 13.9. The lowest BCUT2D eigenvalue weighted by Crippen LogP contribution is -2.52. The van der Waals surface area contributed by atoms with Crippen molar-refractivity contribution in [2.45, 2.75) is 62.8 Å². The third-order valence-corrected chi connectivity index (χ3v) is 9.38. The van der Waals surface area contributed by atoms with Crippen molar-refractivity contribution in [2.75, 3.05) is 10.6 Å². The molecule has 13 heteroatoms. The van der Waals surface area contributed by atoms with Crippen LogP contribution in [0, 0.1) is 36.0 Å². The molecule has 1 aromatic carbocycles. The lowest BCUT2D eigenvalue weighted by molar-refractivity contribution is -0.195.